The highest BCUT2D eigenvalue weighted by atomic mass is 35.5. The average molecular weight is 361 g/mol. The molecule has 1 amide bonds. The van der Waals surface area contributed by atoms with E-state index in [-0.39, 0.29) is 34.1 Å². The maximum Gasteiger partial charge on any atom is 0.288 e. The van der Waals surface area contributed by atoms with Gasteiger partial charge in [-0.05, 0) is 35.6 Å². The minimum Gasteiger partial charge on any atom is -0.345 e. The molecule has 0 aromatic heterocycles. The van der Waals surface area contributed by atoms with Crippen LogP contribution in [0.5, 0.6) is 0 Å². The van der Waals surface area contributed by atoms with Crippen molar-refractivity contribution < 1.29 is 9.72 Å². The van der Waals surface area contributed by atoms with Gasteiger partial charge in [-0.1, -0.05) is 56.6 Å². The number of carbonyl (C=O) groups is 1. The molecule has 2 aromatic rings. The summed E-state index contributed by atoms with van der Waals surface area (Å²) in [7, 11) is 0. The van der Waals surface area contributed by atoms with Crippen molar-refractivity contribution in [2.75, 3.05) is 0 Å². The van der Waals surface area contributed by atoms with Gasteiger partial charge >= 0.3 is 0 Å². The molecule has 2 aromatic carbocycles. The SMILES string of the molecule is CCc1ccc([C@H](NC(=O)c2ccc(Cl)c([N+](=O)[O-])c2)C(C)C)cc1. The molecule has 0 fully saturated rings. The van der Waals surface area contributed by atoms with Crippen LogP contribution in [0.1, 0.15) is 48.3 Å². The summed E-state index contributed by atoms with van der Waals surface area (Å²) in [6.07, 6.45) is 0.952. The van der Waals surface area contributed by atoms with Crippen molar-refractivity contribution in [1.82, 2.24) is 5.32 Å². The molecule has 0 heterocycles. The number of carbonyl (C=O) groups excluding carboxylic acids is 1. The Hall–Kier alpha value is -2.40. The largest absolute Gasteiger partial charge is 0.345 e. The summed E-state index contributed by atoms with van der Waals surface area (Å²) in [6.45, 7) is 6.12. The molecule has 0 aliphatic rings. The van der Waals surface area contributed by atoms with Crippen LogP contribution in [0.15, 0.2) is 42.5 Å². The number of halogens is 1. The maximum atomic E-state index is 12.6. The van der Waals surface area contributed by atoms with Crippen molar-refractivity contribution in [2.45, 2.75) is 33.2 Å². The number of rotatable bonds is 6. The van der Waals surface area contributed by atoms with Crippen LogP contribution in [0.3, 0.4) is 0 Å². The number of hydrogen-bond acceptors (Lipinski definition) is 3. The molecule has 0 aliphatic heterocycles. The highest BCUT2D eigenvalue weighted by Crippen LogP contribution is 2.27. The molecule has 1 atom stereocenters. The first-order chi connectivity index (χ1) is 11.8. The molecule has 5 nitrogen and oxygen atoms in total. The summed E-state index contributed by atoms with van der Waals surface area (Å²) in [5.74, 6) is -0.197. The van der Waals surface area contributed by atoms with Crippen LogP contribution in [0.2, 0.25) is 5.02 Å². The third kappa shape index (κ3) is 4.57. The van der Waals surface area contributed by atoms with Crippen molar-refractivity contribution in [3.8, 4) is 0 Å². The summed E-state index contributed by atoms with van der Waals surface area (Å²) in [5, 5.41) is 14.0. The van der Waals surface area contributed by atoms with Gasteiger partial charge in [0.1, 0.15) is 5.02 Å². The van der Waals surface area contributed by atoms with Crippen molar-refractivity contribution in [3.63, 3.8) is 0 Å². The Morgan fingerprint density at radius 2 is 1.84 bits per heavy atom. The summed E-state index contributed by atoms with van der Waals surface area (Å²) in [6, 6.07) is 12.0. The van der Waals surface area contributed by atoms with E-state index in [1.54, 1.807) is 0 Å². The van der Waals surface area contributed by atoms with Crippen molar-refractivity contribution >= 4 is 23.2 Å². The Labute approximate surface area is 152 Å². The lowest BCUT2D eigenvalue weighted by atomic mass is 9.94. The van der Waals surface area contributed by atoms with E-state index in [4.69, 9.17) is 11.6 Å². The van der Waals surface area contributed by atoms with Gasteiger partial charge in [0.25, 0.3) is 11.6 Å². The highest BCUT2D eigenvalue weighted by Gasteiger charge is 2.21. The fourth-order valence-corrected chi connectivity index (χ4v) is 2.80. The molecule has 6 heteroatoms. The molecular formula is C19H21ClN2O3. The maximum absolute atomic E-state index is 12.6. The first-order valence-electron chi connectivity index (χ1n) is 8.17. The molecule has 2 rings (SSSR count). The molecule has 1 N–H and O–H groups in total. The van der Waals surface area contributed by atoms with E-state index in [1.165, 1.54) is 23.8 Å². The van der Waals surface area contributed by atoms with Gasteiger partial charge in [-0.2, -0.15) is 0 Å². The summed E-state index contributed by atoms with van der Waals surface area (Å²) in [4.78, 5) is 23.0. The van der Waals surface area contributed by atoms with E-state index in [2.05, 4.69) is 12.2 Å². The van der Waals surface area contributed by atoms with Crippen LogP contribution in [-0.2, 0) is 6.42 Å². The first kappa shape index (κ1) is 18.9. The van der Waals surface area contributed by atoms with Crippen molar-refractivity contribution in [2.24, 2.45) is 5.92 Å². The van der Waals surface area contributed by atoms with Crippen LogP contribution >= 0.6 is 11.6 Å². The second-order valence-electron chi connectivity index (χ2n) is 6.21. The van der Waals surface area contributed by atoms with E-state index < -0.39 is 4.92 Å². The fourth-order valence-electron chi connectivity index (χ4n) is 2.61. The van der Waals surface area contributed by atoms with Crippen molar-refractivity contribution in [3.05, 3.63) is 74.3 Å². The lowest BCUT2D eigenvalue weighted by Crippen LogP contribution is -2.31. The summed E-state index contributed by atoms with van der Waals surface area (Å²) < 4.78 is 0. The number of aryl methyl sites for hydroxylation is 1. The van der Waals surface area contributed by atoms with Crippen LogP contribution in [0, 0.1) is 16.0 Å². The molecule has 0 aliphatic carbocycles. The molecule has 0 spiro atoms. The third-order valence-corrected chi connectivity index (χ3v) is 4.42. The van der Waals surface area contributed by atoms with Gasteiger partial charge in [-0.3, -0.25) is 14.9 Å². The summed E-state index contributed by atoms with van der Waals surface area (Å²) in [5.41, 5.74) is 2.17. The Bertz CT molecular complexity index is 773. The average Bonchev–Trinajstić information content (AvgIpc) is 2.59. The van der Waals surface area contributed by atoms with Crippen LogP contribution in [0.25, 0.3) is 0 Å². The van der Waals surface area contributed by atoms with Gasteiger partial charge in [-0.15, -0.1) is 0 Å². The van der Waals surface area contributed by atoms with E-state index >= 15 is 0 Å². The van der Waals surface area contributed by atoms with Gasteiger partial charge in [0, 0.05) is 11.6 Å². The van der Waals surface area contributed by atoms with E-state index in [0.717, 1.165) is 12.0 Å². The predicted molar refractivity (Wildman–Crippen MR) is 99.0 cm³/mol. The molecule has 0 saturated carbocycles. The second kappa shape index (κ2) is 8.12. The number of hydrogen-bond donors (Lipinski definition) is 1. The number of benzene rings is 2. The molecule has 0 saturated heterocycles. The number of nitro groups is 1. The minimum absolute atomic E-state index is 0.0112. The topological polar surface area (TPSA) is 72.2 Å². The molecule has 0 radical (unpaired) electrons. The second-order valence-corrected chi connectivity index (χ2v) is 6.62. The number of nitro benzene ring substituents is 1. The Morgan fingerprint density at radius 3 is 2.36 bits per heavy atom. The molecule has 132 valence electrons. The number of amides is 1. The summed E-state index contributed by atoms with van der Waals surface area (Å²) >= 11 is 5.80. The zero-order chi connectivity index (χ0) is 18.6. The Morgan fingerprint density at radius 1 is 1.20 bits per heavy atom. The van der Waals surface area contributed by atoms with Crippen molar-refractivity contribution in [1.29, 1.82) is 0 Å². The monoisotopic (exact) mass is 360 g/mol. The van der Waals surface area contributed by atoms with E-state index in [0.29, 0.717) is 0 Å². The zero-order valence-corrected chi connectivity index (χ0v) is 15.2. The molecular weight excluding hydrogens is 340 g/mol. The number of nitrogens with one attached hydrogen (secondary N) is 1. The third-order valence-electron chi connectivity index (χ3n) is 4.11. The smallest absolute Gasteiger partial charge is 0.288 e. The zero-order valence-electron chi connectivity index (χ0n) is 14.5. The lowest BCUT2D eigenvalue weighted by molar-refractivity contribution is -0.384. The minimum atomic E-state index is -0.595. The Balaban J connectivity index is 2.25. The quantitative estimate of drug-likeness (QED) is 0.585. The highest BCUT2D eigenvalue weighted by molar-refractivity contribution is 6.32. The normalized spacial score (nSPS) is 12.0. The van der Waals surface area contributed by atoms with Gasteiger partial charge in [0.2, 0.25) is 0 Å². The van der Waals surface area contributed by atoms with E-state index in [9.17, 15) is 14.9 Å². The van der Waals surface area contributed by atoms with Gasteiger partial charge < -0.3 is 5.32 Å². The molecule has 25 heavy (non-hydrogen) atoms. The van der Waals surface area contributed by atoms with E-state index in [1.807, 2.05) is 38.1 Å². The number of nitrogens with zero attached hydrogens (tertiary/aromatic N) is 1. The Kier molecular flexibility index (Phi) is 6.15. The lowest BCUT2D eigenvalue weighted by Gasteiger charge is -2.23. The predicted octanol–water partition coefficient (Wildman–Crippen LogP) is 4.94. The van der Waals surface area contributed by atoms with Crippen LogP contribution in [0.4, 0.5) is 5.69 Å². The van der Waals surface area contributed by atoms with Crippen LogP contribution in [-0.4, -0.2) is 10.8 Å². The van der Waals surface area contributed by atoms with Crippen LogP contribution < -0.4 is 5.32 Å². The first-order valence-corrected chi connectivity index (χ1v) is 8.55. The van der Waals surface area contributed by atoms with Gasteiger partial charge in [0.05, 0.1) is 11.0 Å². The molecule has 0 unspecified atom stereocenters. The molecule has 0 bridgehead atoms. The fraction of sp³-hybridized carbons (Fsp3) is 0.316. The standard InChI is InChI=1S/C19H21ClN2O3/c1-4-13-5-7-14(8-6-13)18(12(2)3)21-19(23)15-9-10-16(20)17(11-15)22(24)25/h5-12,18H,4H2,1-3H3,(H,21,23)/t18-/m1/s1. The van der Waals surface area contributed by atoms with Gasteiger partial charge in [0.15, 0.2) is 0 Å². The van der Waals surface area contributed by atoms with Gasteiger partial charge in [-0.25, -0.2) is 0 Å².